The van der Waals surface area contributed by atoms with Gasteiger partial charge in [-0.2, -0.15) is 5.26 Å². The Morgan fingerprint density at radius 2 is 1.79 bits per heavy atom. The number of hydrogen-bond donors (Lipinski definition) is 1. The number of carboxylic acid groups (broad SMARTS) is 1. The van der Waals surface area contributed by atoms with Gasteiger partial charge < -0.3 is 19.8 Å². The van der Waals surface area contributed by atoms with E-state index in [9.17, 15) is 20.0 Å². The van der Waals surface area contributed by atoms with E-state index in [0.717, 1.165) is 0 Å². The van der Waals surface area contributed by atoms with E-state index in [2.05, 4.69) is 11.1 Å². The van der Waals surface area contributed by atoms with Crippen LogP contribution in [0.5, 0.6) is 0 Å². The zero-order valence-electron chi connectivity index (χ0n) is 20.7. The summed E-state index contributed by atoms with van der Waals surface area (Å²) in [5, 5.41) is 21.0. The van der Waals surface area contributed by atoms with E-state index in [1.165, 1.54) is 9.80 Å². The second-order valence-electron chi connectivity index (χ2n) is 9.08. The van der Waals surface area contributed by atoms with Gasteiger partial charge in [0.15, 0.2) is 0 Å². The minimum Gasteiger partial charge on any atom is -0.465 e. The highest BCUT2D eigenvalue weighted by Gasteiger charge is 2.33. The summed E-state index contributed by atoms with van der Waals surface area (Å²) in [5.74, 6) is 0.253. The van der Waals surface area contributed by atoms with Gasteiger partial charge in [0.1, 0.15) is 11.9 Å². The van der Waals surface area contributed by atoms with E-state index in [4.69, 9.17) is 34.8 Å². The molecular formula is C27H24Cl3N5O3. The molecule has 0 bridgehead atoms. The monoisotopic (exact) mass is 571 g/mol. The lowest BCUT2D eigenvalue weighted by Crippen LogP contribution is -2.56. The van der Waals surface area contributed by atoms with Gasteiger partial charge in [0, 0.05) is 55.5 Å². The fraction of sp³-hybridized carbons (Fsp3) is 0.259. The van der Waals surface area contributed by atoms with E-state index in [0.29, 0.717) is 68.2 Å². The summed E-state index contributed by atoms with van der Waals surface area (Å²) in [6.07, 6.45) is 0.922. The fourth-order valence-electron chi connectivity index (χ4n) is 4.50. The molecule has 2 heterocycles. The third-order valence-corrected chi connectivity index (χ3v) is 7.48. The molecule has 196 valence electrons. The predicted molar refractivity (Wildman–Crippen MR) is 148 cm³/mol. The Hall–Kier alpha value is -3.51. The van der Waals surface area contributed by atoms with Crippen molar-refractivity contribution in [3.05, 3.63) is 80.4 Å². The van der Waals surface area contributed by atoms with Gasteiger partial charge in [-0.3, -0.25) is 4.79 Å². The summed E-state index contributed by atoms with van der Waals surface area (Å²) in [6.45, 7) is 0.905. The van der Waals surface area contributed by atoms with Crippen molar-refractivity contribution in [2.75, 3.05) is 38.6 Å². The van der Waals surface area contributed by atoms with Crippen molar-refractivity contribution >= 4 is 52.6 Å². The molecule has 11 heteroatoms. The van der Waals surface area contributed by atoms with Crippen LogP contribution in [-0.4, -0.2) is 71.7 Å². The number of piperazine rings is 1. The first kappa shape index (κ1) is 27.5. The maximum atomic E-state index is 12.3. The number of hydrogen-bond acceptors (Lipinski definition) is 5. The molecule has 2 amide bonds. The number of rotatable bonds is 5. The highest BCUT2D eigenvalue weighted by atomic mass is 35.5. The lowest BCUT2D eigenvalue weighted by molar-refractivity contribution is 0.0827. The molecule has 1 aliphatic rings. The summed E-state index contributed by atoms with van der Waals surface area (Å²) in [6, 6.07) is 13.7. The van der Waals surface area contributed by atoms with Crippen LogP contribution < -0.4 is 4.90 Å². The molecule has 0 saturated carbocycles. The number of carbonyl (C=O) groups excluding carboxylic acids is 1. The Bertz CT molecular complexity index is 1420. The van der Waals surface area contributed by atoms with E-state index < -0.39 is 12.1 Å². The van der Waals surface area contributed by atoms with Crippen LogP contribution in [0.1, 0.15) is 21.5 Å². The van der Waals surface area contributed by atoms with Crippen LogP contribution >= 0.6 is 34.8 Å². The smallest absolute Gasteiger partial charge is 0.407 e. The fourth-order valence-corrected chi connectivity index (χ4v) is 5.31. The highest BCUT2D eigenvalue weighted by Crippen LogP contribution is 2.32. The number of pyridine rings is 1. The first-order valence-electron chi connectivity index (χ1n) is 11.7. The molecule has 38 heavy (non-hydrogen) atoms. The second kappa shape index (κ2) is 11.5. The summed E-state index contributed by atoms with van der Waals surface area (Å²) in [4.78, 5) is 33.6. The van der Waals surface area contributed by atoms with Gasteiger partial charge in [-0.05, 0) is 47.9 Å². The summed E-state index contributed by atoms with van der Waals surface area (Å²) < 4.78 is 0. The molecule has 3 aromatic rings. The van der Waals surface area contributed by atoms with Gasteiger partial charge in [0.05, 0.1) is 22.2 Å². The van der Waals surface area contributed by atoms with Gasteiger partial charge in [0.25, 0.3) is 5.91 Å². The maximum absolute atomic E-state index is 12.3. The van der Waals surface area contributed by atoms with Crippen LogP contribution in [-0.2, 0) is 6.42 Å². The molecule has 1 unspecified atom stereocenters. The lowest BCUT2D eigenvalue weighted by atomic mass is 10.0. The van der Waals surface area contributed by atoms with E-state index >= 15 is 0 Å². The van der Waals surface area contributed by atoms with Gasteiger partial charge in [0.2, 0.25) is 0 Å². The predicted octanol–water partition coefficient (Wildman–Crippen LogP) is 5.69. The van der Waals surface area contributed by atoms with Gasteiger partial charge in [-0.1, -0.05) is 46.9 Å². The Morgan fingerprint density at radius 1 is 1.08 bits per heavy atom. The number of anilines is 1. The molecule has 8 nitrogen and oxygen atoms in total. The first-order valence-corrected chi connectivity index (χ1v) is 12.8. The Labute approximate surface area is 235 Å². The number of nitrogens with zero attached hydrogens (tertiary/aromatic N) is 5. The van der Waals surface area contributed by atoms with Crippen LogP contribution in [0, 0.1) is 11.3 Å². The summed E-state index contributed by atoms with van der Waals surface area (Å²) >= 11 is 19.1. The minimum atomic E-state index is -1.03. The molecule has 0 radical (unpaired) electrons. The second-order valence-corrected chi connectivity index (χ2v) is 10.3. The molecule has 0 spiro atoms. The highest BCUT2D eigenvalue weighted by molar-refractivity contribution is 6.36. The van der Waals surface area contributed by atoms with Crippen LogP contribution in [0.2, 0.25) is 15.1 Å². The van der Waals surface area contributed by atoms with Crippen LogP contribution in [0.15, 0.2) is 48.7 Å². The van der Waals surface area contributed by atoms with Gasteiger partial charge in [-0.25, -0.2) is 9.78 Å². The lowest BCUT2D eigenvalue weighted by Gasteiger charge is -2.41. The SMILES string of the molecule is CN(C)C(=O)c1ccc(-c2cnc(N3CCN(C(=O)O)C(Cc4c(Cl)cccc4Cl)C3)c(C#N)c2)cc1Cl. The van der Waals surface area contributed by atoms with Crippen molar-refractivity contribution in [2.24, 2.45) is 0 Å². The van der Waals surface area contributed by atoms with Gasteiger partial charge >= 0.3 is 6.09 Å². The van der Waals surface area contributed by atoms with Crippen LogP contribution in [0.25, 0.3) is 11.1 Å². The third kappa shape index (κ3) is 5.65. The largest absolute Gasteiger partial charge is 0.465 e. The van der Waals surface area contributed by atoms with Crippen molar-refractivity contribution in [2.45, 2.75) is 12.5 Å². The zero-order chi connectivity index (χ0) is 27.6. The summed E-state index contributed by atoms with van der Waals surface area (Å²) in [5.41, 5.74) is 2.77. The van der Waals surface area contributed by atoms with Crippen LogP contribution in [0.3, 0.4) is 0 Å². The molecule has 2 aromatic carbocycles. The zero-order valence-corrected chi connectivity index (χ0v) is 22.9. The van der Waals surface area contributed by atoms with Gasteiger partial charge in [-0.15, -0.1) is 0 Å². The van der Waals surface area contributed by atoms with Crippen molar-refractivity contribution < 1.29 is 14.7 Å². The molecule has 1 N–H and O–H groups in total. The topological polar surface area (TPSA) is 101 Å². The first-order chi connectivity index (χ1) is 18.1. The van der Waals surface area contributed by atoms with Crippen molar-refractivity contribution in [1.82, 2.24) is 14.8 Å². The molecule has 1 atom stereocenters. The standard InChI is InChI=1S/C27H24Cl3N5O3/c1-33(2)26(36)20-7-6-16(11-24(20)30)18-10-17(13-31)25(32-14-18)34-8-9-35(27(37)38)19(15-34)12-21-22(28)4-3-5-23(21)29/h3-7,10-11,14,19H,8-9,12,15H2,1-2H3,(H,37,38). The molecule has 0 aliphatic carbocycles. The van der Waals surface area contributed by atoms with Crippen molar-refractivity contribution in [3.63, 3.8) is 0 Å². The van der Waals surface area contributed by atoms with E-state index in [1.807, 2.05) is 4.90 Å². The number of aromatic nitrogens is 1. The quantitative estimate of drug-likeness (QED) is 0.421. The normalized spacial score (nSPS) is 15.2. The molecule has 1 saturated heterocycles. The molecule has 1 aromatic heterocycles. The molecule has 1 fully saturated rings. The van der Waals surface area contributed by atoms with E-state index in [-0.39, 0.29) is 12.5 Å². The Morgan fingerprint density at radius 3 is 2.39 bits per heavy atom. The van der Waals surface area contributed by atoms with Crippen molar-refractivity contribution in [1.29, 1.82) is 5.26 Å². The Kier molecular flexibility index (Phi) is 8.32. The molecule has 1 aliphatic heterocycles. The van der Waals surface area contributed by atoms with Crippen molar-refractivity contribution in [3.8, 4) is 17.2 Å². The molecular weight excluding hydrogens is 549 g/mol. The number of halogens is 3. The minimum absolute atomic E-state index is 0.208. The maximum Gasteiger partial charge on any atom is 0.407 e. The number of carbonyl (C=O) groups is 2. The number of benzene rings is 2. The average Bonchev–Trinajstić information content (AvgIpc) is 2.89. The third-order valence-electron chi connectivity index (χ3n) is 6.46. The van der Waals surface area contributed by atoms with Crippen LogP contribution in [0.4, 0.5) is 10.6 Å². The summed E-state index contributed by atoms with van der Waals surface area (Å²) in [7, 11) is 3.30. The number of amides is 2. The number of nitriles is 1. The average molecular weight is 573 g/mol. The van der Waals surface area contributed by atoms with E-state index in [1.54, 1.807) is 62.8 Å². The molecule has 4 rings (SSSR count). The Balaban J connectivity index is 1.62.